The lowest BCUT2D eigenvalue weighted by molar-refractivity contribution is 0.486. The Morgan fingerprint density at radius 2 is 1.79 bits per heavy atom. The number of rotatable bonds is 7. The SMILES string of the molecule is CN=C(NCC(c1ccccc1)C(C)C)NC(C)Cc1c(C)nn(C)c1C.I. The van der Waals surface area contributed by atoms with Gasteiger partial charge in [0, 0.05) is 38.3 Å². The van der Waals surface area contributed by atoms with Gasteiger partial charge >= 0.3 is 0 Å². The standard InChI is InChI=1S/C22H35N5.HI/c1-15(2)21(19-11-9-8-10-12-19)14-24-22(23-6)25-16(3)13-20-17(4)26-27(7)18(20)5;/h8-12,15-16,21H,13-14H2,1-7H3,(H2,23,24,25);1H. The highest BCUT2D eigenvalue weighted by Gasteiger charge is 2.17. The van der Waals surface area contributed by atoms with E-state index < -0.39 is 0 Å². The molecule has 0 bridgehead atoms. The van der Waals surface area contributed by atoms with Crippen molar-refractivity contribution in [2.45, 2.75) is 53.0 Å². The van der Waals surface area contributed by atoms with E-state index in [1.54, 1.807) is 0 Å². The van der Waals surface area contributed by atoms with Crippen molar-refractivity contribution in [2.24, 2.45) is 18.0 Å². The molecule has 5 nitrogen and oxygen atoms in total. The van der Waals surface area contributed by atoms with Crippen molar-refractivity contribution in [1.82, 2.24) is 20.4 Å². The molecular weight excluding hydrogens is 461 g/mol. The summed E-state index contributed by atoms with van der Waals surface area (Å²) in [6.07, 6.45) is 0.929. The van der Waals surface area contributed by atoms with Crippen LogP contribution < -0.4 is 10.6 Å². The predicted octanol–water partition coefficient (Wildman–Crippen LogP) is 4.19. The van der Waals surface area contributed by atoms with Crippen LogP contribution >= 0.6 is 24.0 Å². The zero-order valence-electron chi connectivity index (χ0n) is 18.3. The van der Waals surface area contributed by atoms with Crippen molar-refractivity contribution in [3.8, 4) is 0 Å². The van der Waals surface area contributed by atoms with Gasteiger partial charge in [-0.2, -0.15) is 5.10 Å². The van der Waals surface area contributed by atoms with Gasteiger partial charge in [-0.25, -0.2) is 0 Å². The minimum Gasteiger partial charge on any atom is -0.356 e. The van der Waals surface area contributed by atoms with Crippen molar-refractivity contribution in [2.75, 3.05) is 13.6 Å². The zero-order chi connectivity index (χ0) is 20.0. The van der Waals surface area contributed by atoms with Gasteiger partial charge in [0.05, 0.1) is 5.69 Å². The van der Waals surface area contributed by atoms with Crippen LogP contribution in [0.15, 0.2) is 35.3 Å². The maximum Gasteiger partial charge on any atom is 0.191 e. The third-order valence-corrected chi connectivity index (χ3v) is 5.30. The average molecular weight is 497 g/mol. The maximum absolute atomic E-state index is 4.52. The van der Waals surface area contributed by atoms with Crippen molar-refractivity contribution >= 4 is 29.9 Å². The molecule has 0 amide bonds. The van der Waals surface area contributed by atoms with Crippen molar-refractivity contribution in [3.05, 3.63) is 52.8 Å². The molecule has 0 saturated carbocycles. The molecule has 1 aromatic carbocycles. The summed E-state index contributed by atoms with van der Waals surface area (Å²) in [7, 11) is 3.83. The number of aliphatic imine (C=N–C) groups is 1. The number of halogens is 1. The molecule has 0 aliphatic carbocycles. The summed E-state index contributed by atoms with van der Waals surface area (Å²) in [5.41, 5.74) is 5.02. The molecule has 6 heteroatoms. The third-order valence-electron chi connectivity index (χ3n) is 5.30. The summed E-state index contributed by atoms with van der Waals surface area (Å²) in [5, 5.41) is 11.6. The summed E-state index contributed by atoms with van der Waals surface area (Å²) in [4.78, 5) is 4.42. The second-order valence-electron chi connectivity index (χ2n) is 7.74. The van der Waals surface area contributed by atoms with Crippen LogP contribution in [0.5, 0.6) is 0 Å². The van der Waals surface area contributed by atoms with Crippen molar-refractivity contribution < 1.29 is 0 Å². The molecule has 156 valence electrons. The number of hydrogen-bond acceptors (Lipinski definition) is 2. The number of nitrogens with one attached hydrogen (secondary N) is 2. The average Bonchev–Trinajstić information content (AvgIpc) is 2.87. The van der Waals surface area contributed by atoms with E-state index in [4.69, 9.17) is 0 Å². The number of benzene rings is 1. The molecule has 1 heterocycles. The Kier molecular flexibility index (Phi) is 9.99. The second-order valence-corrected chi connectivity index (χ2v) is 7.74. The smallest absolute Gasteiger partial charge is 0.191 e. The Morgan fingerprint density at radius 1 is 1.14 bits per heavy atom. The van der Waals surface area contributed by atoms with Gasteiger partial charge in [0.15, 0.2) is 5.96 Å². The molecule has 2 aromatic rings. The summed E-state index contributed by atoms with van der Waals surface area (Å²) in [6, 6.07) is 11.0. The molecule has 0 spiro atoms. The number of hydrogen-bond donors (Lipinski definition) is 2. The van der Waals surface area contributed by atoms with Crippen LogP contribution in [-0.2, 0) is 13.5 Å². The Labute approximate surface area is 187 Å². The maximum atomic E-state index is 4.52. The van der Waals surface area contributed by atoms with Gasteiger partial charge in [0.1, 0.15) is 0 Å². The van der Waals surface area contributed by atoms with E-state index in [0.717, 1.165) is 24.6 Å². The second kappa shape index (κ2) is 11.4. The monoisotopic (exact) mass is 497 g/mol. The van der Waals surface area contributed by atoms with Gasteiger partial charge < -0.3 is 10.6 Å². The molecule has 0 aliphatic heterocycles. The van der Waals surface area contributed by atoms with Gasteiger partial charge in [-0.1, -0.05) is 44.2 Å². The van der Waals surface area contributed by atoms with Crippen molar-refractivity contribution in [1.29, 1.82) is 0 Å². The lowest BCUT2D eigenvalue weighted by atomic mass is 9.88. The Morgan fingerprint density at radius 3 is 2.29 bits per heavy atom. The minimum atomic E-state index is 0. The fourth-order valence-electron chi connectivity index (χ4n) is 3.54. The van der Waals surface area contributed by atoms with E-state index in [2.05, 4.69) is 85.7 Å². The van der Waals surface area contributed by atoms with E-state index in [0.29, 0.717) is 11.8 Å². The number of aromatic nitrogens is 2. The molecule has 0 aliphatic rings. The highest BCUT2D eigenvalue weighted by atomic mass is 127. The fraction of sp³-hybridized carbons (Fsp3) is 0.545. The van der Waals surface area contributed by atoms with Gasteiger partial charge in [-0.3, -0.25) is 9.67 Å². The van der Waals surface area contributed by atoms with Crippen LogP contribution in [0.1, 0.15) is 49.2 Å². The summed E-state index contributed by atoms with van der Waals surface area (Å²) >= 11 is 0. The molecule has 0 saturated heterocycles. The molecule has 0 fully saturated rings. The Bertz CT molecular complexity index is 752. The molecule has 0 radical (unpaired) electrons. The van der Waals surface area contributed by atoms with E-state index in [9.17, 15) is 0 Å². The number of aryl methyl sites for hydroxylation is 2. The summed E-state index contributed by atoms with van der Waals surface area (Å²) in [6.45, 7) is 11.8. The van der Waals surface area contributed by atoms with Gasteiger partial charge in [0.2, 0.25) is 0 Å². The lowest BCUT2D eigenvalue weighted by Gasteiger charge is -2.24. The Balaban J connectivity index is 0.00000392. The lowest BCUT2D eigenvalue weighted by Crippen LogP contribution is -2.44. The van der Waals surface area contributed by atoms with E-state index in [1.807, 2.05) is 18.8 Å². The van der Waals surface area contributed by atoms with E-state index in [1.165, 1.54) is 16.8 Å². The highest BCUT2D eigenvalue weighted by molar-refractivity contribution is 14.0. The first-order valence-corrected chi connectivity index (χ1v) is 9.84. The van der Waals surface area contributed by atoms with Crippen LogP contribution in [0.2, 0.25) is 0 Å². The first-order chi connectivity index (χ1) is 12.8. The van der Waals surface area contributed by atoms with Crippen LogP contribution in [0.4, 0.5) is 0 Å². The highest BCUT2D eigenvalue weighted by Crippen LogP contribution is 2.23. The summed E-state index contributed by atoms with van der Waals surface area (Å²) in [5.74, 6) is 1.85. The quantitative estimate of drug-likeness (QED) is 0.343. The first kappa shape index (κ1) is 24.5. The molecule has 1 aromatic heterocycles. The summed E-state index contributed by atoms with van der Waals surface area (Å²) < 4.78 is 1.96. The molecule has 2 N–H and O–H groups in total. The molecule has 28 heavy (non-hydrogen) atoms. The van der Waals surface area contributed by atoms with E-state index >= 15 is 0 Å². The Hall–Kier alpha value is -1.57. The normalized spacial score (nSPS) is 13.8. The fourth-order valence-corrected chi connectivity index (χ4v) is 3.54. The van der Waals surface area contributed by atoms with Crippen LogP contribution in [-0.4, -0.2) is 35.4 Å². The molecule has 2 atom stereocenters. The molecule has 2 unspecified atom stereocenters. The van der Waals surface area contributed by atoms with Crippen LogP contribution in [0, 0.1) is 19.8 Å². The van der Waals surface area contributed by atoms with Crippen LogP contribution in [0.3, 0.4) is 0 Å². The largest absolute Gasteiger partial charge is 0.356 e. The first-order valence-electron chi connectivity index (χ1n) is 9.84. The van der Waals surface area contributed by atoms with Crippen LogP contribution in [0.25, 0.3) is 0 Å². The number of nitrogens with zero attached hydrogens (tertiary/aromatic N) is 3. The minimum absolute atomic E-state index is 0. The predicted molar refractivity (Wildman–Crippen MR) is 130 cm³/mol. The zero-order valence-corrected chi connectivity index (χ0v) is 20.6. The third kappa shape index (κ3) is 6.50. The number of guanidine groups is 1. The van der Waals surface area contributed by atoms with Gasteiger partial charge in [-0.15, -0.1) is 24.0 Å². The van der Waals surface area contributed by atoms with E-state index in [-0.39, 0.29) is 30.0 Å². The topological polar surface area (TPSA) is 54.2 Å². The molecule has 2 rings (SSSR count). The van der Waals surface area contributed by atoms with Gasteiger partial charge in [-0.05, 0) is 44.2 Å². The van der Waals surface area contributed by atoms with Crippen molar-refractivity contribution in [3.63, 3.8) is 0 Å². The molecular formula is C22H36IN5. The van der Waals surface area contributed by atoms with Gasteiger partial charge in [0.25, 0.3) is 0 Å².